The zero-order valence-electron chi connectivity index (χ0n) is 9.74. The largest absolute Gasteiger partial charge is 0.383 e. The van der Waals surface area contributed by atoms with Gasteiger partial charge in [-0.05, 0) is 25.1 Å². The fraction of sp³-hybridized carbons (Fsp3) is 0.167. The number of anilines is 1. The summed E-state index contributed by atoms with van der Waals surface area (Å²) < 4.78 is 13.0. The van der Waals surface area contributed by atoms with Crippen molar-refractivity contribution < 1.29 is 4.39 Å². The number of H-pyrrole nitrogens is 1. The molecular formula is C12H12FN3OS. The van der Waals surface area contributed by atoms with Crippen LogP contribution in [0.5, 0.6) is 0 Å². The van der Waals surface area contributed by atoms with Crippen LogP contribution in [-0.4, -0.2) is 9.97 Å². The number of halogens is 1. The van der Waals surface area contributed by atoms with Crippen molar-refractivity contribution in [3.63, 3.8) is 0 Å². The van der Waals surface area contributed by atoms with Crippen LogP contribution in [0.4, 0.5) is 10.2 Å². The van der Waals surface area contributed by atoms with Crippen molar-refractivity contribution in [2.24, 2.45) is 0 Å². The van der Waals surface area contributed by atoms with Crippen LogP contribution in [0.15, 0.2) is 34.0 Å². The van der Waals surface area contributed by atoms with Gasteiger partial charge in [0.25, 0.3) is 5.56 Å². The Morgan fingerprint density at radius 1 is 1.50 bits per heavy atom. The molecule has 0 aliphatic carbocycles. The van der Waals surface area contributed by atoms with Crippen molar-refractivity contribution in [1.29, 1.82) is 0 Å². The molecular weight excluding hydrogens is 253 g/mol. The Morgan fingerprint density at radius 2 is 2.28 bits per heavy atom. The molecule has 0 radical (unpaired) electrons. The van der Waals surface area contributed by atoms with E-state index >= 15 is 0 Å². The first-order chi connectivity index (χ1) is 8.56. The summed E-state index contributed by atoms with van der Waals surface area (Å²) in [6.07, 6.45) is 0. The van der Waals surface area contributed by atoms with Crippen LogP contribution < -0.4 is 11.3 Å². The van der Waals surface area contributed by atoms with Crippen LogP contribution in [0.25, 0.3) is 0 Å². The van der Waals surface area contributed by atoms with Crippen molar-refractivity contribution in [3.8, 4) is 0 Å². The number of benzene rings is 1. The van der Waals surface area contributed by atoms with Crippen LogP contribution in [0, 0.1) is 12.7 Å². The van der Waals surface area contributed by atoms with Gasteiger partial charge >= 0.3 is 0 Å². The second kappa shape index (κ2) is 5.22. The normalized spacial score (nSPS) is 10.6. The minimum Gasteiger partial charge on any atom is -0.383 e. The lowest BCUT2D eigenvalue weighted by atomic mass is 10.3. The molecule has 0 saturated heterocycles. The van der Waals surface area contributed by atoms with Crippen LogP contribution in [0.2, 0.25) is 0 Å². The van der Waals surface area contributed by atoms with Gasteiger partial charge in [0.05, 0.1) is 11.3 Å². The van der Waals surface area contributed by atoms with E-state index < -0.39 is 0 Å². The van der Waals surface area contributed by atoms with Crippen LogP contribution in [-0.2, 0) is 5.75 Å². The van der Waals surface area contributed by atoms with E-state index in [1.54, 1.807) is 19.1 Å². The highest BCUT2D eigenvalue weighted by Gasteiger charge is 2.05. The van der Waals surface area contributed by atoms with Crippen molar-refractivity contribution in [1.82, 2.24) is 9.97 Å². The molecule has 0 bridgehead atoms. The highest BCUT2D eigenvalue weighted by atomic mass is 32.2. The number of nitrogens with one attached hydrogen (secondary N) is 1. The van der Waals surface area contributed by atoms with Gasteiger partial charge in [0, 0.05) is 4.90 Å². The molecule has 2 rings (SSSR count). The summed E-state index contributed by atoms with van der Waals surface area (Å²) in [5.41, 5.74) is 5.79. The van der Waals surface area contributed by atoms with Crippen molar-refractivity contribution >= 4 is 17.6 Å². The van der Waals surface area contributed by atoms with Crippen LogP contribution in [0.3, 0.4) is 0 Å². The van der Waals surface area contributed by atoms with Gasteiger partial charge in [-0.1, -0.05) is 6.07 Å². The van der Waals surface area contributed by atoms with E-state index in [1.807, 2.05) is 0 Å². The number of nitrogens with zero attached hydrogens (tertiary/aromatic N) is 1. The molecule has 6 heteroatoms. The number of nitrogen functional groups attached to an aromatic ring is 1. The maximum Gasteiger partial charge on any atom is 0.255 e. The first kappa shape index (κ1) is 12.6. The van der Waals surface area contributed by atoms with E-state index in [0.29, 0.717) is 17.1 Å². The number of thioether (sulfide) groups is 1. The highest BCUT2D eigenvalue weighted by Crippen LogP contribution is 2.21. The number of hydrogen-bond donors (Lipinski definition) is 2. The number of nitrogens with two attached hydrogens (primary N) is 1. The Bertz CT molecular complexity index is 627. The van der Waals surface area contributed by atoms with E-state index in [0.717, 1.165) is 4.90 Å². The highest BCUT2D eigenvalue weighted by molar-refractivity contribution is 7.98. The van der Waals surface area contributed by atoms with Gasteiger partial charge in [-0.2, -0.15) is 0 Å². The van der Waals surface area contributed by atoms with Crippen LogP contribution in [0.1, 0.15) is 11.4 Å². The molecule has 1 aromatic carbocycles. The van der Waals surface area contributed by atoms with Gasteiger partial charge in [-0.3, -0.25) is 4.79 Å². The van der Waals surface area contributed by atoms with Gasteiger partial charge in [0.15, 0.2) is 0 Å². The zero-order valence-corrected chi connectivity index (χ0v) is 10.6. The fourth-order valence-corrected chi connectivity index (χ4v) is 2.19. The second-order valence-corrected chi connectivity index (χ2v) is 4.82. The summed E-state index contributed by atoms with van der Waals surface area (Å²) in [5.74, 6) is 0.860. The lowest BCUT2D eigenvalue weighted by Crippen LogP contribution is -2.16. The molecule has 0 spiro atoms. The molecule has 0 atom stereocenters. The Hall–Kier alpha value is -1.82. The maximum absolute atomic E-state index is 13.0. The summed E-state index contributed by atoms with van der Waals surface area (Å²) in [7, 11) is 0. The average Bonchev–Trinajstić information content (AvgIpc) is 2.33. The third-order valence-corrected chi connectivity index (χ3v) is 3.41. The van der Waals surface area contributed by atoms with Crippen molar-refractivity contribution in [2.45, 2.75) is 17.6 Å². The lowest BCUT2D eigenvalue weighted by molar-refractivity contribution is 0.624. The number of aromatic nitrogens is 2. The van der Waals surface area contributed by atoms with Gasteiger partial charge in [-0.15, -0.1) is 11.8 Å². The van der Waals surface area contributed by atoms with Gasteiger partial charge in [0.2, 0.25) is 0 Å². The Kier molecular flexibility index (Phi) is 3.66. The molecule has 0 fully saturated rings. The standard InChI is InChI=1S/C12H12FN3OS/c1-7-11(14)15-10(16-12(7)17)6-18-9-4-2-3-8(13)5-9/h2-5H,6H2,1H3,(H3,14,15,16,17). The zero-order chi connectivity index (χ0) is 13.1. The first-order valence-corrected chi connectivity index (χ1v) is 6.28. The topological polar surface area (TPSA) is 71.8 Å². The predicted octanol–water partition coefficient (Wildman–Crippen LogP) is 2.09. The smallest absolute Gasteiger partial charge is 0.255 e. The number of hydrogen-bond acceptors (Lipinski definition) is 4. The van der Waals surface area contributed by atoms with Gasteiger partial charge < -0.3 is 10.7 Å². The third-order valence-electron chi connectivity index (χ3n) is 2.41. The lowest BCUT2D eigenvalue weighted by Gasteiger charge is -2.04. The number of aromatic amines is 1. The quantitative estimate of drug-likeness (QED) is 0.834. The molecule has 3 N–H and O–H groups in total. The Labute approximate surface area is 107 Å². The SMILES string of the molecule is Cc1c(N)nc(CSc2cccc(F)c2)[nH]c1=O. The fourth-order valence-electron chi connectivity index (χ4n) is 1.38. The van der Waals surface area contributed by atoms with Crippen LogP contribution >= 0.6 is 11.8 Å². The number of rotatable bonds is 3. The minimum absolute atomic E-state index is 0.230. The molecule has 0 aliphatic heterocycles. The molecule has 1 aromatic heterocycles. The van der Waals surface area contributed by atoms with Crippen molar-refractivity contribution in [3.05, 3.63) is 51.8 Å². The monoisotopic (exact) mass is 265 g/mol. The summed E-state index contributed by atoms with van der Waals surface area (Å²) in [6.45, 7) is 1.62. The molecule has 0 saturated carbocycles. The Morgan fingerprint density at radius 3 is 2.94 bits per heavy atom. The van der Waals surface area contributed by atoms with E-state index in [1.165, 1.54) is 23.9 Å². The molecule has 0 unspecified atom stereocenters. The summed E-state index contributed by atoms with van der Waals surface area (Å²) >= 11 is 1.38. The molecule has 0 amide bonds. The first-order valence-electron chi connectivity index (χ1n) is 5.30. The molecule has 4 nitrogen and oxygen atoms in total. The predicted molar refractivity (Wildman–Crippen MR) is 70.0 cm³/mol. The second-order valence-electron chi connectivity index (χ2n) is 3.77. The van der Waals surface area contributed by atoms with E-state index in [9.17, 15) is 9.18 Å². The Balaban J connectivity index is 2.14. The summed E-state index contributed by atoms with van der Waals surface area (Å²) in [6, 6.07) is 6.25. The van der Waals surface area contributed by atoms with Gasteiger partial charge in [-0.25, -0.2) is 9.37 Å². The third kappa shape index (κ3) is 2.89. The molecule has 2 aromatic rings. The molecule has 1 heterocycles. The van der Waals surface area contributed by atoms with E-state index in [-0.39, 0.29) is 17.2 Å². The molecule has 18 heavy (non-hydrogen) atoms. The van der Waals surface area contributed by atoms with E-state index in [2.05, 4.69) is 9.97 Å². The van der Waals surface area contributed by atoms with E-state index in [4.69, 9.17) is 5.73 Å². The van der Waals surface area contributed by atoms with Gasteiger partial charge in [0.1, 0.15) is 17.5 Å². The molecule has 94 valence electrons. The van der Waals surface area contributed by atoms with Crippen molar-refractivity contribution in [2.75, 3.05) is 5.73 Å². The summed E-state index contributed by atoms with van der Waals surface area (Å²) in [5, 5.41) is 0. The summed E-state index contributed by atoms with van der Waals surface area (Å²) in [4.78, 5) is 19.0. The minimum atomic E-state index is -0.287. The average molecular weight is 265 g/mol. The molecule has 0 aliphatic rings. The maximum atomic E-state index is 13.0.